The number of carbonyl (C=O) groups excluding carboxylic acids is 1. The molecule has 0 saturated heterocycles. The highest BCUT2D eigenvalue weighted by molar-refractivity contribution is 6.32. The van der Waals surface area contributed by atoms with Crippen molar-refractivity contribution in [1.82, 2.24) is 19.9 Å². The third-order valence-electron chi connectivity index (χ3n) is 4.58. The van der Waals surface area contributed by atoms with Crippen molar-refractivity contribution in [3.05, 3.63) is 59.1 Å². The van der Waals surface area contributed by atoms with E-state index in [0.717, 1.165) is 11.8 Å². The van der Waals surface area contributed by atoms with Crippen LogP contribution in [0.25, 0.3) is 0 Å². The Kier molecular flexibility index (Phi) is 8.93. The fourth-order valence-corrected chi connectivity index (χ4v) is 2.90. The van der Waals surface area contributed by atoms with E-state index in [1.165, 1.54) is 6.33 Å². The summed E-state index contributed by atoms with van der Waals surface area (Å²) in [6.07, 6.45) is 3.80. The summed E-state index contributed by atoms with van der Waals surface area (Å²) < 4.78 is 11.4. The highest BCUT2D eigenvalue weighted by Gasteiger charge is 2.26. The van der Waals surface area contributed by atoms with Crippen LogP contribution in [-0.4, -0.2) is 62.6 Å². The van der Waals surface area contributed by atoms with Gasteiger partial charge in [0.2, 0.25) is 23.6 Å². The number of pyridine rings is 2. The molecule has 0 radical (unpaired) electrons. The highest BCUT2D eigenvalue weighted by Crippen LogP contribution is 2.21. The zero-order valence-electron chi connectivity index (χ0n) is 18.6. The molecule has 11 nitrogen and oxygen atoms in total. The van der Waals surface area contributed by atoms with Gasteiger partial charge >= 0.3 is 0 Å². The van der Waals surface area contributed by atoms with Crippen LogP contribution >= 0.6 is 11.6 Å². The number of halogens is 1. The minimum Gasteiger partial charge on any atom is -0.461 e. The van der Waals surface area contributed by atoms with Gasteiger partial charge in [-0.3, -0.25) is 4.79 Å². The largest absolute Gasteiger partial charge is 0.461 e. The number of amides is 1. The van der Waals surface area contributed by atoms with Gasteiger partial charge in [-0.1, -0.05) is 17.7 Å². The molecule has 12 heteroatoms. The number of carbonyl (C=O) groups is 1. The molecule has 0 aliphatic rings. The van der Waals surface area contributed by atoms with Gasteiger partial charge in [0.05, 0.1) is 19.3 Å². The summed E-state index contributed by atoms with van der Waals surface area (Å²) in [7, 11) is 0. The van der Waals surface area contributed by atoms with E-state index in [-0.39, 0.29) is 24.7 Å². The van der Waals surface area contributed by atoms with Crippen molar-refractivity contribution in [2.24, 2.45) is 0 Å². The first-order chi connectivity index (χ1) is 16.4. The zero-order chi connectivity index (χ0) is 24.5. The van der Waals surface area contributed by atoms with Crippen LogP contribution in [-0.2, 0) is 9.53 Å². The third kappa shape index (κ3) is 6.75. The molecule has 0 bridgehead atoms. The van der Waals surface area contributed by atoms with Crippen molar-refractivity contribution in [2.75, 3.05) is 18.5 Å². The van der Waals surface area contributed by atoms with Crippen molar-refractivity contribution in [1.29, 1.82) is 5.41 Å². The van der Waals surface area contributed by atoms with Crippen molar-refractivity contribution in [3.8, 4) is 5.88 Å². The number of anilines is 1. The lowest BCUT2D eigenvalue weighted by Gasteiger charge is -2.20. The first-order valence-corrected chi connectivity index (χ1v) is 10.7. The summed E-state index contributed by atoms with van der Waals surface area (Å²) in [4.78, 5) is 29.6. The van der Waals surface area contributed by atoms with Crippen LogP contribution in [0.5, 0.6) is 5.88 Å². The third-order valence-corrected chi connectivity index (χ3v) is 4.90. The molecule has 2 unspecified atom stereocenters. The van der Waals surface area contributed by atoms with Crippen LogP contribution in [0, 0.1) is 12.3 Å². The molecule has 178 valence electrons. The molecule has 0 aliphatic heterocycles. The number of ether oxygens (including phenoxy) is 2. The van der Waals surface area contributed by atoms with Gasteiger partial charge in [0.1, 0.15) is 22.7 Å². The molecular formula is C22H25ClN7O4+. The lowest BCUT2D eigenvalue weighted by atomic mass is 10.2. The van der Waals surface area contributed by atoms with Gasteiger partial charge in [-0.25, -0.2) is 20.3 Å². The van der Waals surface area contributed by atoms with Gasteiger partial charge in [-0.15, -0.1) is 0 Å². The maximum Gasteiger partial charge on any atom is 0.269 e. The van der Waals surface area contributed by atoms with E-state index < -0.39 is 18.1 Å². The second-order valence-corrected chi connectivity index (χ2v) is 7.69. The van der Waals surface area contributed by atoms with E-state index in [1.54, 1.807) is 42.8 Å². The Hall–Kier alpha value is -3.51. The Labute approximate surface area is 201 Å². The number of rotatable bonds is 11. The number of nitrogens with two attached hydrogens (primary N) is 1. The van der Waals surface area contributed by atoms with Gasteiger partial charge < -0.3 is 25.3 Å². The molecule has 0 saturated carbocycles. The predicted octanol–water partition coefficient (Wildman–Crippen LogP) is 1.54. The van der Waals surface area contributed by atoms with E-state index in [4.69, 9.17) is 26.5 Å². The van der Waals surface area contributed by atoms with Crippen LogP contribution in [0.1, 0.15) is 18.1 Å². The van der Waals surface area contributed by atoms with Gasteiger partial charge in [0.25, 0.3) is 5.91 Å². The molecule has 3 aromatic heterocycles. The summed E-state index contributed by atoms with van der Waals surface area (Å²) >= 11 is 6.19. The van der Waals surface area contributed by atoms with Crippen LogP contribution in [0.2, 0.25) is 5.02 Å². The summed E-state index contributed by atoms with van der Waals surface area (Å²) in [6.45, 7) is 3.15. The maximum atomic E-state index is 13.0. The molecule has 0 spiro atoms. The minimum absolute atomic E-state index is 0.000528. The van der Waals surface area contributed by atoms with Gasteiger partial charge in [-0.2, -0.15) is 4.98 Å². The number of aromatic nitrogens is 4. The molecule has 34 heavy (non-hydrogen) atoms. The zero-order valence-corrected chi connectivity index (χ0v) is 19.4. The number of hydrogen-bond acceptors (Lipinski definition) is 9. The predicted molar refractivity (Wildman–Crippen MR) is 125 cm³/mol. The number of aliphatic hydroxyl groups is 1. The molecule has 0 fully saturated rings. The number of aliphatic hydroxyl groups excluding tert-OH is 1. The molecule has 0 aliphatic carbocycles. The molecule has 1 amide bonds. The summed E-state index contributed by atoms with van der Waals surface area (Å²) in [6, 6.07) is 6.86. The number of aryl methyl sites for hydroxylation is 1. The Bertz CT molecular complexity index is 1130. The molecule has 2 atom stereocenters. The molecule has 5 N–H and O–H groups in total. The number of quaternary nitrogens is 1. The maximum absolute atomic E-state index is 13.0. The van der Waals surface area contributed by atoms with Crippen LogP contribution in [0.15, 0.2) is 43.0 Å². The molecule has 0 aromatic carbocycles. The normalized spacial score (nSPS) is 12.6. The summed E-state index contributed by atoms with van der Waals surface area (Å²) in [5.74, 6) is 0.601. The average Bonchev–Trinajstić information content (AvgIpc) is 2.84. The lowest BCUT2D eigenvalue weighted by Crippen LogP contribution is -2.73. The van der Waals surface area contributed by atoms with Gasteiger partial charge in [0, 0.05) is 18.6 Å². The Balaban J connectivity index is 1.85. The monoisotopic (exact) mass is 486 g/mol. The highest BCUT2D eigenvalue weighted by atomic mass is 35.5. The standard InChI is InChI=1S/C22H24ClN7O4/c1-13-5-6-18(26-9-13)29-21(32)17(11-33-14(2)10-31)34-22-15(8-24)19(27-12-28-22)30-20-16(23)4-3-7-25-20/h3-9,12,14,17,24,31H,10-11H2,1-2H3,(H,26,29,32)(H,25,27,28,30)/p+1. The topological polar surface area (TPSA) is 160 Å². The van der Waals surface area contributed by atoms with E-state index in [2.05, 4.69) is 25.3 Å². The van der Waals surface area contributed by atoms with Gasteiger partial charge in [0.15, 0.2) is 0 Å². The van der Waals surface area contributed by atoms with E-state index in [0.29, 0.717) is 22.5 Å². The van der Waals surface area contributed by atoms with E-state index >= 15 is 0 Å². The summed E-state index contributed by atoms with van der Waals surface area (Å²) in [5.41, 5.74) is 1.17. The van der Waals surface area contributed by atoms with Crippen molar-refractivity contribution < 1.29 is 24.7 Å². The Morgan fingerprint density at radius 2 is 2.09 bits per heavy atom. The number of nitrogens with zero attached hydrogens (tertiary/aromatic N) is 4. The second-order valence-electron chi connectivity index (χ2n) is 7.28. The first-order valence-electron chi connectivity index (χ1n) is 10.3. The van der Waals surface area contributed by atoms with Crippen molar-refractivity contribution in [2.45, 2.75) is 26.1 Å². The molecule has 3 rings (SSSR count). The first kappa shape index (κ1) is 25.1. The smallest absolute Gasteiger partial charge is 0.269 e. The van der Waals surface area contributed by atoms with Gasteiger partial charge in [-0.05, 0) is 37.6 Å². The lowest BCUT2D eigenvalue weighted by molar-refractivity contribution is -0.487. The van der Waals surface area contributed by atoms with Crippen LogP contribution in [0.3, 0.4) is 0 Å². The average molecular weight is 487 g/mol. The Morgan fingerprint density at radius 1 is 1.26 bits per heavy atom. The van der Waals surface area contributed by atoms with Crippen LogP contribution < -0.4 is 15.4 Å². The quantitative estimate of drug-likeness (QED) is 0.297. The SMILES string of the molecule is Cc1ccc(NC(=O)C(COC(C)CO)Oc2ncnc([NH2+]c3ncccc3Cl)c2C=N)nc1. The van der Waals surface area contributed by atoms with Crippen molar-refractivity contribution in [3.63, 3.8) is 0 Å². The summed E-state index contributed by atoms with van der Waals surface area (Å²) in [5, 5.41) is 21.8. The molecule has 3 aromatic rings. The Morgan fingerprint density at radius 3 is 2.76 bits per heavy atom. The molecular weight excluding hydrogens is 462 g/mol. The van der Waals surface area contributed by atoms with E-state index in [1.807, 2.05) is 13.0 Å². The second kappa shape index (κ2) is 12.1. The number of nitrogens with one attached hydrogen (secondary N) is 2. The van der Waals surface area contributed by atoms with Crippen LogP contribution in [0.4, 0.5) is 17.5 Å². The number of hydrogen-bond donors (Lipinski definition) is 4. The van der Waals surface area contributed by atoms with Crippen molar-refractivity contribution >= 4 is 41.2 Å². The fraction of sp³-hybridized carbons (Fsp3) is 0.273. The van der Waals surface area contributed by atoms with E-state index in [9.17, 15) is 9.90 Å². The molecule has 3 heterocycles. The fourth-order valence-electron chi connectivity index (χ4n) is 2.72. The minimum atomic E-state index is -1.16.